The zero-order valence-electron chi connectivity index (χ0n) is 14.7. The number of halogens is 1. The Bertz CT molecular complexity index is 580. The summed E-state index contributed by atoms with van der Waals surface area (Å²) in [6, 6.07) is 9.20. The van der Waals surface area contributed by atoms with E-state index in [9.17, 15) is 0 Å². The van der Waals surface area contributed by atoms with Crippen molar-refractivity contribution in [2.24, 2.45) is 0 Å². The zero-order valence-corrected chi connectivity index (χ0v) is 15.5. The molecule has 0 spiro atoms. The van der Waals surface area contributed by atoms with Crippen molar-refractivity contribution in [1.82, 2.24) is 15.5 Å². The fourth-order valence-corrected chi connectivity index (χ4v) is 2.42. The molecule has 0 aliphatic rings. The van der Waals surface area contributed by atoms with Crippen LogP contribution in [-0.4, -0.2) is 23.2 Å². The van der Waals surface area contributed by atoms with Crippen LogP contribution in [0.3, 0.4) is 0 Å². The molecule has 1 aromatic carbocycles. The fraction of sp³-hybridized carbons (Fsp3) is 0.556. The van der Waals surface area contributed by atoms with Gasteiger partial charge in [-0.15, -0.1) is 12.4 Å². The number of hydrogen-bond donors (Lipinski definition) is 1. The van der Waals surface area contributed by atoms with Crippen LogP contribution in [0.5, 0.6) is 0 Å². The zero-order chi connectivity index (χ0) is 16.1. The number of nitrogens with one attached hydrogen (secondary N) is 1. The summed E-state index contributed by atoms with van der Waals surface area (Å²) in [5, 5.41) is 7.24. The van der Waals surface area contributed by atoms with Gasteiger partial charge in [-0.25, -0.2) is 0 Å². The van der Waals surface area contributed by atoms with E-state index in [-0.39, 0.29) is 12.4 Å². The second-order valence-electron chi connectivity index (χ2n) is 6.42. The predicted octanol–water partition coefficient (Wildman–Crippen LogP) is 4.11. The molecule has 2 aromatic rings. The van der Waals surface area contributed by atoms with Crippen molar-refractivity contribution in [3.8, 4) is 0 Å². The van der Waals surface area contributed by atoms with Crippen LogP contribution in [0.2, 0.25) is 0 Å². The fourth-order valence-electron chi connectivity index (χ4n) is 2.42. The number of hydrogen-bond acceptors (Lipinski definition) is 4. The molecule has 2 unspecified atom stereocenters. The molecule has 4 nitrogen and oxygen atoms in total. The van der Waals surface area contributed by atoms with Crippen molar-refractivity contribution in [3.63, 3.8) is 0 Å². The third-order valence-electron chi connectivity index (χ3n) is 4.14. The molecule has 0 radical (unpaired) electrons. The van der Waals surface area contributed by atoms with E-state index >= 15 is 0 Å². The highest BCUT2D eigenvalue weighted by molar-refractivity contribution is 5.85. The Morgan fingerprint density at radius 1 is 1.00 bits per heavy atom. The molecule has 1 N–H and O–H groups in total. The molecule has 23 heavy (non-hydrogen) atoms. The maximum Gasteiger partial charge on any atom is 0.227 e. The summed E-state index contributed by atoms with van der Waals surface area (Å²) in [5.41, 5.74) is 2.69. The Labute approximate surface area is 145 Å². The molecular weight excluding hydrogens is 310 g/mol. The quantitative estimate of drug-likeness (QED) is 0.826. The highest BCUT2D eigenvalue weighted by Gasteiger charge is 2.14. The van der Waals surface area contributed by atoms with Crippen molar-refractivity contribution in [2.45, 2.75) is 58.4 Å². The van der Waals surface area contributed by atoms with Gasteiger partial charge >= 0.3 is 0 Å². The Balaban J connectivity index is 0.00000264. The van der Waals surface area contributed by atoms with Crippen LogP contribution in [0.1, 0.15) is 62.4 Å². The number of benzene rings is 1. The van der Waals surface area contributed by atoms with E-state index in [4.69, 9.17) is 4.52 Å². The number of aromatic nitrogens is 2. The van der Waals surface area contributed by atoms with Crippen molar-refractivity contribution in [2.75, 3.05) is 7.05 Å². The summed E-state index contributed by atoms with van der Waals surface area (Å²) >= 11 is 0. The second kappa shape index (κ2) is 9.04. The van der Waals surface area contributed by atoms with Gasteiger partial charge in [0, 0.05) is 18.9 Å². The number of nitrogens with zero attached hydrogens (tertiary/aromatic N) is 2. The summed E-state index contributed by atoms with van der Waals surface area (Å²) in [6.45, 7) is 8.73. The Hall–Kier alpha value is -1.39. The second-order valence-corrected chi connectivity index (χ2v) is 6.42. The third-order valence-corrected chi connectivity index (χ3v) is 4.14. The molecule has 0 aliphatic heterocycles. The molecule has 128 valence electrons. The van der Waals surface area contributed by atoms with Crippen molar-refractivity contribution < 1.29 is 4.52 Å². The predicted molar refractivity (Wildman–Crippen MR) is 96.4 cm³/mol. The first-order chi connectivity index (χ1) is 10.5. The average Bonchev–Trinajstić information content (AvgIpc) is 2.94. The van der Waals surface area contributed by atoms with E-state index in [1.165, 1.54) is 11.1 Å². The number of rotatable bonds is 7. The standard InChI is InChI=1S/C18H27N3O.ClH/c1-12(2)15-6-8-16(9-7-15)13(3)10-18-20-17(21-22-18)11-14(4)19-5;/h6-9,12-14,19H,10-11H2,1-5H3;1H. The lowest BCUT2D eigenvalue weighted by Gasteiger charge is -2.11. The minimum Gasteiger partial charge on any atom is -0.339 e. The first-order valence-electron chi connectivity index (χ1n) is 8.08. The summed E-state index contributed by atoms with van der Waals surface area (Å²) in [4.78, 5) is 4.49. The van der Waals surface area contributed by atoms with E-state index in [2.05, 4.69) is 67.4 Å². The van der Waals surface area contributed by atoms with Crippen LogP contribution >= 0.6 is 12.4 Å². The smallest absolute Gasteiger partial charge is 0.227 e. The van der Waals surface area contributed by atoms with E-state index in [0.717, 1.165) is 24.6 Å². The van der Waals surface area contributed by atoms with Gasteiger partial charge in [-0.1, -0.05) is 50.2 Å². The summed E-state index contributed by atoms with van der Waals surface area (Å²) in [7, 11) is 1.94. The maximum atomic E-state index is 5.38. The molecule has 2 atom stereocenters. The monoisotopic (exact) mass is 337 g/mol. The van der Waals surface area contributed by atoms with Crippen molar-refractivity contribution >= 4 is 12.4 Å². The van der Waals surface area contributed by atoms with Crippen LogP contribution in [0.25, 0.3) is 0 Å². The normalized spacial score (nSPS) is 13.7. The molecule has 0 amide bonds. The van der Waals surface area contributed by atoms with Gasteiger partial charge in [-0.3, -0.25) is 0 Å². The van der Waals surface area contributed by atoms with Crippen molar-refractivity contribution in [1.29, 1.82) is 0 Å². The molecular formula is C18H28ClN3O. The summed E-state index contributed by atoms with van der Waals surface area (Å²) in [6.07, 6.45) is 1.57. The SMILES string of the molecule is CNC(C)Cc1noc(CC(C)c2ccc(C(C)C)cc2)n1.Cl. The first kappa shape index (κ1) is 19.7. The molecule has 0 bridgehead atoms. The summed E-state index contributed by atoms with van der Waals surface area (Å²) in [5.74, 6) is 2.44. The largest absolute Gasteiger partial charge is 0.339 e. The molecule has 2 rings (SSSR count). The Morgan fingerprint density at radius 3 is 2.17 bits per heavy atom. The molecule has 0 aliphatic carbocycles. The van der Waals surface area contributed by atoms with E-state index in [1.54, 1.807) is 0 Å². The lowest BCUT2D eigenvalue weighted by atomic mass is 9.94. The lowest BCUT2D eigenvalue weighted by Crippen LogP contribution is -2.24. The molecule has 1 heterocycles. The first-order valence-corrected chi connectivity index (χ1v) is 8.08. The Kier molecular flexibility index (Phi) is 7.73. The van der Waals surface area contributed by atoms with Crippen LogP contribution in [0.4, 0.5) is 0 Å². The number of likely N-dealkylation sites (N-methyl/N-ethyl adjacent to an activating group) is 1. The van der Waals surface area contributed by atoms with E-state index < -0.39 is 0 Å². The highest BCUT2D eigenvalue weighted by Crippen LogP contribution is 2.22. The van der Waals surface area contributed by atoms with Gasteiger partial charge < -0.3 is 9.84 Å². The minimum atomic E-state index is 0. The van der Waals surface area contributed by atoms with Crippen molar-refractivity contribution in [3.05, 3.63) is 47.1 Å². The molecule has 0 fully saturated rings. The minimum absolute atomic E-state index is 0. The van der Waals surface area contributed by atoms with Crippen LogP contribution in [0.15, 0.2) is 28.8 Å². The third kappa shape index (κ3) is 5.63. The van der Waals surface area contributed by atoms with E-state index in [0.29, 0.717) is 17.9 Å². The van der Waals surface area contributed by atoms with Gasteiger partial charge in [0.25, 0.3) is 0 Å². The highest BCUT2D eigenvalue weighted by atomic mass is 35.5. The molecule has 0 saturated carbocycles. The van der Waals surface area contributed by atoms with Gasteiger partial charge in [0.05, 0.1) is 0 Å². The maximum absolute atomic E-state index is 5.38. The van der Waals surface area contributed by atoms with E-state index in [1.807, 2.05) is 7.05 Å². The molecule has 1 aromatic heterocycles. The lowest BCUT2D eigenvalue weighted by molar-refractivity contribution is 0.365. The average molecular weight is 338 g/mol. The van der Waals surface area contributed by atoms with Gasteiger partial charge in [-0.05, 0) is 36.9 Å². The Morgan fingerprint density at radius 2 is 1.61 bits per heavy atom. The topological polar surface area (TPSA) is 51.0 Å². The van der Waals surface area contributed by atoms with Gasteiger partial charge in [-0.2, -0.15) is 4.98 Å². The van der Waals surface area contributed by atoms with Crippen LogP contribution < -0.4 is 5.32 Å². The van der Waals surface area contributed by atoms with Gasteiger partial charge in [0.2, 0.25) is 5.89 Å². The van der Waals surface area contributed by atoms with Gasteiger partial charge in [0.15, 0.2) is 5.82 Å². The molecule has 0 saturated heterocycles. The van der Waals surface area contributed by atoms with Crippen LogP contribution in [0, 0.1) is 0 Å². The summed E-state index contributed by atoms with van der Waals surface area (Å²) < 4.78 is 5.38. The molecule has 5 heteroatoms. The van der Waals surface area contributed by atoms with Crippen LogP contribution in [-0.2, 0) is 12.8 Å². The van der Waals surface area contributed by atoms with Gasteiger partial charge in [0.1, 0.15) is 0 Å².